The Labute approximate surface area is 118 Å². The molecule has 1 unspecified atom stereocenters. The maximum absolute atomic E-state index is 13.6. The summed E-state index contributed by atoms with van der Waals surface area (Å²) in [6.07, 6.45) is 1.81. The molecule has 1 heterocycles. The first kappa shape index (κ1) is 13.1. The fourth-order valence-electron chi connectivity index (χ4n) is 2.73. The highest BCUT2D eigenvalue weighted by molar-refractivity contribution is 5.75. The Bertz CT molecular complexity index is 612. The molecule has 2 aromatic rings. The van der Waals surface area contributed by atoms with Crippen LogP contribution in [-0.2, 0) is 0 Å². The van der Waals surface area contributed by atoms with E-state index in [2.05, 4.69) is 5.32 Å². The van der Waals surface area contributed by atoms with E-state index < -0.39 is 0 Å². The van der Waals surface area contributed by atoms with Crippen molar-refractivity contribution in [1.29, 1.82) is 0 Å². The molecule has 1 atom stereocenters. The Morgan fingerprint density at radius 3 is 2.85 bits per heavy atom. The van der Waals surface area contributed by atoms with E-state index in [-0.39, 0.29) is 11.9 Å². The molecular weight excluding hydrogens is 253 g/mol. The van der Waals surface area contributed by atoms with Gasteiger partial charge in [0.25, 0.3) is 0 Å². The van der Waals surface area contributed by atoms with E-state index in [1.807, 2.05) is 37.4 Å². The number of fused-ring (bicyclic) bond motifs is 3. The Balaban J connectivity index is 1.99. The first-order valence-corrected chi connectivity index (χ1v) is 6.99. The second kappa shape index (κ2) is 5.63. The lowest BCUT2D eigenvalue weighted by atomic mass is 9.91. The zero-order valence-electron chi connectivity index (χ0n) is 11.5. The lowest BCUT2D eigenvalue weighted by Gasteiger charge is -2.29. The summed E-state index contributed by atoms with van der Waals surface area (Å²) >= 11 is 0. The predicted octanol–water partition coefficient (Wildman–Crippen LogP) is 3.93. The van der Waals surface area contributed by atoms with Crippen LogP contribution in [0, 0.1) is 5.82 Å². The van der Waals surface area contributed by atoms with Gasteiger partial charge in [0.05, 0.1) is 0 Å². The van der Waals surface area contributed by atoms with Crippen LogP contribution in [0.3, 0.4) is 0 Å². The van der Waals surface area contributed by atoms with Gasteiger partial charge in [0.1, 0.15) is 17.7 Å². The Morgan fingerprint density at radius 2 is 2.00 bits per heavy atom. The maximum atomic E-state index is 13.6. The normalized spacial score (nSPS) is 16.2. The molecular formula is C17H18FNO. The average molecular weight is 271 g/mol. The highest BCUT2D eigenvalue weighted by Gasteiger charge is 2.25. The van der Waals surface area contributed by atoms with Crippen LogP contribution in [-0.4, -0.2) is 13.6 Å². The van der Waals surface area contributed by atoms with Gasteiger partial charge in [-0.3, -0.25) is 0 Å². The van der Waals surface area contributed by atoms with Crippen LogP contribution in [0.1, 0.15) is 24.5 Å². The van der Waals surface area contributed by atoms with Gasteiger partial charge in [-0.05, 0) is 50.2 Å². The summed E-state index contributed by atoms with van der Waals surface area (Å²) in [5.41, 5.74) is 3.09. The third-order valence-electron chi connectivity index (χ3n) is 3.70. The van der Waals surface area contributed by atoms with E-state index in [9.17, 15) is 4.39 Å². The van der Waals surface area contributed by atoms with Crippen LogP contribution in [0.2, 0.25) is 0 Å². The average Bonchev–Trinajstić information content (AvgIpc) is 2.47. The van der Waals surface area contributed by atoms with Gasteiger partial charge in [-0.2, -0.15) is 0 Å². The summed E-state index contributed by atoms with van der Waals surface area (Å²) in [7, 11) is 1.94. The monoisotopic (exact) mass is 271 g/mol. The smallest absolute Gasteiger partial charge is 0.128 e. The second-order valence-electron chi connectivity index (χ2n) is 5.08. The quantitative estimate of drug-likeness (QED) is 0.851. The molecule has 2 aromatic carbocycles. The van der Waals surface area contributed by atoms with E-state index >= 15 is 0 Å². The molecule has 0 spiro atoms. The van der Waals surface area contributed by atoms with E-state index in [1.54, 1.807) is 6.07 Å². The topological polar surface area (TPSA) is 21.3 Å². The highest BCUT2D eigenvalue weighted by Crippen LogP contribution is 2.43. The zero-order valence-corrected chi connectivity index (χ0v) is 11.5. The number of para-hydroxylation sites is 1. The summed E-state index contributed by atoms with van der Waals surface area (Å²) in [5.74, 6) is 0.686. The van der Waals surface area contributed by atoms with Crippen molar-refractivity contribution in [2.45, 2.75) is 18.9 Å². The second-order valence-corrected chi connectivity index (χ2v) is 5.08. The maximum Gasteiger partial charge on any atom is 0.128 e. The van der Waals surface area contributed by atoms with Crippen molar-refractivity contribution < 1.29 is 9.13 Å². The van der Waals surface area contributed by atoms with Crippen molar-refractivity contribution in [3.8, 4) is 16.9 Å². The molecule has 0 saturated heterocycles. The predicted molar refractivity (Wildman–Crippen MR) is 78.4 cm³/mol. The van der Waals surface area contributed by atoms with Crippen molar-refractivity contribution in [2.75, 3.05) is 13.6 Å². The van der Waals surface area contributed by atoms with Crippen molar-refractivity contribution >= 4 is 0 Å². The minimum atomic E-state index is -0.203. The van der Waals surface area contributed by atoms with Gasteiger partial charge in [-0.25, -0.2) is 4.39 Å². The van der Waals surface area contributed by atoms with Crippen LogP contribution in [0.25, 0.3) is 11.1 Å². The number of nitrogens with one attached hydrogen (secondary N) is 1. The summed E-state index contributed by atoms with van der Waals surface area (Å²) < 4.78 is 19.6. The number of hydrogen-bond donors (Lipinski definition) is 1. The van der Waals surface area contributed by atoms with Crippen molar-refractivity contribution in [3.63, 3.8) is 0 Å². The molecule has 3 rings (SSSR count). The molecule has 0 aromatic heterocycles. The number of ether oxygens (including phenoxy) is 1. The Morgan fingerprint density at radius 1 is 1.15 bits per heavy atom. The third kappa shape index (κ3) is 2.41. The molecule has 1 aliphatic rings. The first-order chi connectivity index (χ1) is 9.79. The SMILES string of the molecule is CNCCCC1Oc2ccccc2-c2ccc(F)cc21. The van der Waals surface area contributed by atoms with Crippen LogP contribution < -0.4 is 10.1 Å². The van der Waals surface area contributed by atoms with Crippen LogP contribution in [0.5, 0.6) is 5.75 Å². The molecule has 104 valence electrons. The summed E-state index contributed by atoms with van der Waals surface area (Å²) in [4.78, 5) is 0. The molecule has 3 heteroatoms. The van der Waals surface area contributed by atoms with Gasteiger partial charge < -0.3 is 10.1 Å². The molecule has 1 aliphatic heterocycles. The van der Waals surface area contributed by atoms with Crippen LogP contribution in [0.4, 0.5) is 4.39 Å². The molecule has 0 radical (unpaired) electrons. The minimum absolute atomic E-state index is 0.0658. The summed E-state index contributed by atoms with van der Waals surface area (Å²) in [6.45, 7) is 0.937. The molecule has 0 saturated carbocycles. The lowest BCUT2D eigenvalue weighted by molar-refractivity contribution is 0.188. The van der Waals surface area contributed by atoms with Crippen molar-refractivity contribution in [2.24, 2.45) is 0 Å². The van der Waals surface area contributed by atoms with E-state index in [1.165, 1.54) is 6.07 Å². The zero-order chi connectivity index (χ0) is 13.9. The Hall–Kier alpha value is -1.87. The van der Waals surface area contributed by atoms with Crippen molar-refractivity contribution in [1.82, 2.24) is 5.32 Å². The number of benzene rings is 2. The Kier molecular flexibility index (Phi) is 3.70. The molecule has 1 N–H and O–H groups in total. The van der Waals surface area contributed by atoms with E-state index in [4.69, 9.17) is 4.74 Å². The van der Waals surface area contributed by atoms with Gasteiger partial charge in [-0.1, -0.05) is 24.3 Å². The molecule has 0 bridgehead atoms. The van der Waals surface area contributed by atoms with Crippen LogP contribution in [0.15, 0.2) is 42.5 Å². The number of rotatable bonds is 4. The lowest BCUT2D eigenvalue weighted by Crippen LogP contribution is -2.17. The largest absolute Gasteiger partial charge is 0.485 e. The van der Waals surface area contributed by atoms with E-state index in [0.29, 0.717) is 0 Å². The van der Waals surface area contributed by atoms with Gasteiger partial charge in [0.15, 0.2) is 0 Å². The third-order valence-corrected chi connectivity index (χ3v) is 3.70. The van der Waals surface area contributed by atoms with Gasteiger partial charge in [0, 0.05) is 11.1 Å². The first-order valence-electron chi connectivity index (χ1n) is 6.99. The fraction of sp³-hybridized carbons (Fsp3) is 0.294. The molecule has 0 amide bonds. The molecule has 0 fully saturated rings. The molecule has 0 aliphatic carbocycles. The number of hydrogen-bond acceptors (Lipinski definition) is 2. The molecule has 20 heavy (non-hydrogen) atoms. The van der Waals surface area contributed by atoms with Gasteiger partial charge >= 0.3 is 0 Å². The highest BCUT2D eigenvalue weighted by atomic mass is 19.1. The van der Waals surface area contributed by atoms with Crippen molar-refractivity contribution in [3.05, 3.63) is 53.8 Å². The fourth-order valence-corrected chi connectivity index (χ4v) is 2.73. The minimum Gasteiger partial charge on any atom is -0.485 e. The summed E-state index contributed by atoms with van der Waals surface area (Å²) in [6, 6.07) is 12.9. The van der Waals surface area contributed by atoms with Crippen LogP contribution >= 0.6 is 0 Å². The van der Waals surface area contributed by atoms with E-state index in [0.717, 1.165) is 41.8 Å². The summed E-state index contributed by atoms with van der Waals surface area (Å²) in [5, 5.41) is 3.13. The standard InChI is InChI=1S/C17H18FNO/c1-19-10-4-7-17-15-11-12(18)8-9-13(15)14-5-2-3-6-16(14)20-17/h2-3,5-6,8-9,11,17,19H,4,7,10H2,1H3. The molecule has 2 nitrogen and oxygen atoms in total. The number of halogens is 1. The van der Waals surface area contributed by atoms with Gasteiger partial charge in [0.2, 0.25) is 0 Å². The van der Waals surface area contributed by atoms with Gasteiger partial charge in [-0.15, -0.1) is 0 Å².